The molecule has 0 fully saturated rings. The minimum Gasteiger partial charge on any atom is -0.345 e. The molecule has 2 N–H and O–H groups in total. The van der Waals surface area contributed by atoms with Gasteiger partial charge in [0, 0.05) is 11.4 Å². The first kappa shape index (κ1) is 23.1. The van der Waals surface area contributed by atoms with Crippen molar-refractivity contribution in [1.29, 1.82) is 0 Å². The first-order chi connectivity index (χ1) is 16.5. The molecular weight excluding hydrogens is 460 g/mol. The van der Waals surface area contributed by atoms with Gasteiger partial charge in [-0.15, -0.1) is 10.2 Å². The first-order valence-corrected chi connectivity index (χ1v) is 11.2. The molecule has 0 spiro atoms. The number of carbonyl (C=O) groups is 2. The average Bonchev–Trinajstić information content (AvgIpc) is 3.25. The molecule has 0 saturated carbocycles. The molecule has 3 aromatic carbocycles. The van der Waals surface area contributed by atoms with Crippen LogP contribution in [-0.4, -0.2) is 32.3 Å². The molecule has 0 aliphatic carbocycles. The molecule has 0 unspecified atom stereocenters. The number of para-hydroxylation sites is 1. The van der Waals surface area contributed by atoms with Crippen molar-refractivity contribution in [3.63, 3.8) is 0 Å². The fraction of sp³-hybridized carbons (Fsp3) is 0.0833. The lowest BCUT2D eigenvalue weighted by atomic mass is 10.2. The average molecular weight is 480 g/mol. The van der Waals surface area contributed by atoms with Gasteiger partial charge in [0.15, 0.2) is 11.0 Å². The molecule has 10 heteroatoms. The fourth-order valence-corrected chi connectivity index (χ4v) is 3.91. The third kappa shape index (κ3) is 5.65. The number of amides is 2. The van der Waals surface area contributed by atoms with Crippen LogP contribution in [0, 0.1) is 11.6 Å². The number of hydrogen-bond acceptors (Lipinski definition) is 5. The Hall–Kier alpha value is -4.05. The molecule has 4 rings (SSSR count). The predicted molar refractivity (Wildman–Crippen MR) is 125 cm³/mol. The number of carbonyl (C=O) groups excluding carboxylic acids is 2. The Kier molecular flexibility index (Phi) is 7.28. The summed E-state index contributed by atoms with van der Waals surface area (Å²) in [4.78, 5) is 24.8. The van der Waals surface area contributed by atoms with Crippen molar-refractivity contribution in [2.24, 2.45) is 0 Å². The Balaban J connectivity index is 1.49. The van der Waals surface area contributed by atoms with Crippen LogP contribution in [0.2, 0.25) is 0 Å². The number of halogens is 2. The largest absolute Gasteiger partial charge is 0.345 e. The fourth-order valence-electron chi connectivity index (χ4n) is 3.14. The number of anilines is 1. The summed E-state index contributed by atoms with van der Waals surface area (Å²) in [6.07, 6.45) is 0. The van der Waals surface area contributed by atoms with E-state index in [0.717, 1.165) is 17.4 Å². The molecule has 0 radical (unpaired) electrons. The van der Waals surface area contributed by atoms with E-state index in [0.29, 0.717) is 16.7 Å². The normalized spacial score (nSPS) is 10.6. The summed E-state index contributed by atoms with van der Waals surface area (Å²) in [5, 5.41) is 14.0. The Morgan fingerprint density at radius 1 is 0.912 bits per heavy atom. The van der Waals surface area contributed by atoms with Gasteiger partial charge < -0.3 is 10.6 Å². The molecule has 7 nitrogen and oxygen atoms in total. The van der Waals surface area contributed by atoms with Crippen LogP contribution in [0.5, 0.6) is 0 Å². The molecule has 172 valence electrons. The van der Waals surface area contributed by atoms with Crippen molar-refractivity contribution in [2.75, 3.05) is 11.1 Å². The number of nitrogens with one attached hydrogen (secondary N) is 2. The maximum Gasteiger partial charge on any atom is 0.254 e. The summed E-state index contributed by atoms with van der Waals surface area (Å²) >= 11 is 1.14. The highest BCUT2D eigenvalue weighted by Crippen LogP contribution is 2.22. The third-order valence-electron chi connectivity index (χ3n) is 4.68. The summed E-state index contributed by atoms with van der Waals surface area (Å²) < 4.78 is 29.0. The second kappa shape index (κ2) is 10.7. The number of rotatable bonds is 8. The molecule has 0 saturated heterocycles. The van der Waals surface area contributed by atoms with Gasteiger partial charge in [-0.1, -0.05) is 48.2 Å². The molecule has 2 amide bonds. The van der Waals surface area contributed by atoms with Crippen molar-refractivity contribution < 1.29 is 18.4 Å². The summed E-state index contributed by atoms with van der Waals surface area (Å²) in [5.74, 6) is -1.58. The van der Waals surface area contributed by atoms with E-state index >= 15 is 0 Å². The third-order valence-corrected chi connectivity index (χ3v) is 5.61. The smallest absolute Gasteiger partial charge is 0.254 e. The lowest BCUT2D eigenvalue weighted by molar-refractivity contribution is -0.113. The van der Waals surface area contributed by atoms with Gasteiger partial charge in [0.2, 0.25) is 5.91 Å². The second-order valence-electron chi connectivity index (χ2n) is 7.08. The Morgan fingerprint density at radius 3 is 2.44 bits per heavy atom. The van der Waals surface area contributed by atoms with Gasteiger partial charge in [-0.3, -0.25) is 14.2 Å². The van der Waals surface area contributed by atoms with Gasteiger partial charge in [-0.2, -0.15) is 0 Å². The lowest BCUT2D eigenvalue weighted by Crippen LogP contribution is -2.25. The van der Waals surface area contributed by atoms with Crippen LogP contribution in [-0.2, 0) is 11.3 Å². The van der Waals surface area contributed by atoms with E-state index in [1.165, 1.54) is 36.4 Å². The van der Waals surface area contributed by atoms with E-state index in [4.69, 9.17) is 0 Å². The van der Waals surface area contributed by atoms with Gasteiger partial charge in [0.25, 0.3) is 5.91 Å². The van der Waals surface area contributed by atoms with Gasteiger partial charge in [0.05, 0.1) is 17.9 Å². The highest BCUT2D eigenvalue weighted by atomic mass is 32.2. The van der Waals surface area contributed by atoms with Crippen molar-refractivity contribution in [3.8, 4) is 5.69 Å². The van der Waals surface area contributed by atoms with Crippen molar-refractivity contribution >= 4 is 29.3 Å². The molecule has 1 heterocycles. The van der Waals surface area contributed by atoms with Crippen molar-refractivity contribution in [2.45, 2.75) is 11.7 Å². The summed E-state index contributed by atoms with van der Waals surface area (Å²) in [6, 6.07) is 20.5. The maximum atomic E-state index is 13.9. The number of thioether (sulfide) groups is 1. The Morgan fingerprint density at radius 2 is 1.68 bits per heavy atom. The quantitative estimate of drug-likeness (QED) is 0.370. The molecule has 34 heavy (non-hydrogen) atoms. The Labute approximate surface area is 198 Å². The molecular formula is C24H19F2N5O2S. The van der Waals surface area contributed by atoms with E-state index in [1.54, 1.807) is 16.7 Å². The van der Waals surface area contributed by atoms with E-state index in [2.05, 4.69) is 20.8 Å². The number of benzene rings is 3. The first-order valence-electron chi connectivity index (χ1n) is 10.2. The lowest BCUT2D eigenvalue weighted by Gasteiger charge is -2.11. The highest BCUT2D eigenvalue weighted by molar-refractivity contribution is 7.99. The number of nitrogens with zero attached hydrogens (tertiary/aromatic N) is 3. The molecule has 0 atom stereocenters. The second-order valence-corrected chi connectivity index (χ2v) is 8.02. The maximum absolute atomic E-state index is 13.9. The van der Waals surface area contributed by atoms with Crippen LogP contribution in [0.4, 0.5) is 14.5 Å². The standard InChI is InChI=1S/C24H19F2N5O2S/c25-16-7-6-8-17(13-16)28-22(32)15-34-24-30-29-21(31(24)18-9-2-1-3-10-18)14-27-23(33)19-11-4-5-12-20(19)26/h1-13H,14-15H2,(H,27,33)(H,28,32). The van der Waals surface area contributed by atoms with Crippen molar-refractivity contribution in [3.05, 3.63) is 102 Å². The van der Waals surface area contributed by atoms with Crippen LogP contribution >= 0.6 is 11.8 Å². The van der Waals surface area contributed by atoms with Crippen molar-refractivity contribution in [1.82, 2.24) is 20.1 Å². The van der Waals surface area contributed by atoms with Crippen LogP contribution < -0.4 is 10.6 Å². The van der Waals surface area contributed by atoms with Gasteiger partial charge in [-0.25, -0.2) is 8.78 Å². The number of aromatic nitrogens is 3. The predicted octanol–water partition coefficient (Wildman–Crippen LogP) is 4.21. The van der Waals surface area contributed by atoms with Crippen LogP contribution in [0.25, 0.3) is 5.69 Å². The minimum atomic E-state index is -0.620. The van der Waals surface area contributed by atoms with Crippen LogP contribution in [0.15, 0.2) is 84.0 Å². The summed E-state index contributed by atoms with van der Waals surface area (Å²) in [6.45, 7) is -0.00882. The SMILES string of the molecule is O=C(CSc1nnc(CNC(=O)c2ccccc2F)n1-c1ccccc1)Nc1cccc(F)c1. The highest BCUT2D eigenvalue weighted by Gasteiger charge is 2.18. The molecule has 0 aliphatic heterocycles. The molecule has 4 aromatic rings. The van der Waals surface area contributed by atoms with E-state index in [9.17, 15) is 18.4 Å². The number of hydrogen-bond donors (Lipinski definition) is 2. The minimum absolute atomic E-state index is 0.00304. The van der Waals surface area contributed by atoms with Crippen LogP contribution in [0.1, 0.15) is 16.2 Å². The monoisotopic (exact) mass is 479 g/mol. The Bertz CT molecular complexity index is 1310. The molecule has 0 aliphatic rings. The summed E-state index contributed by atoms with van der Waals surface area (Å²) in [7, 11) is 0. The van der Waals surface area contributed by atoms with E-state index in [1.807, 2.05) is 30.3 Å². The molecule has 0 bridgehead atoms. The van der Waals surface area contributed by atoms with E-state index < -0.39 is 17.5 Å². The zero-order valence-corrected chi connectivity index (χ0v) is 18.6. The zero-order chi connectivity index (χ0) is 23.9. The van der Waals surface area contributed by atoms with Gasteiger partial charge >= 0.3 is 0 Å². The molecule has 1 aromatic heterocycles. The van der Waals surface area contributed by atoms with Crippen LogP contribution in [0.3, 0.4) is 0 Å². The van der Waals surface area contributed by atoms with Gasteiger partial charge in [-0.05, 0) is 42.5 Å². The zero-order valence-electron chi connectivity index (χ0n) is 17.7. The topological polar surface area (TPSA) is 88.9 Å². The van der Waals surface area contributed by atoms with Gasteiger partial charge in [0.1, 0.15) is 11.6 Å². The van der Waals surface area contributed by atoms with E-state index in [-0.39, 0.29) is 23.8 Å². The summed E-state index contributed by atoms with van der Waals surface area (Å²) in [5.41, 5.74) is 1.01.